The molecule has 2 aliphatic rings. The molecule has 1 N–H and O–H groups in total. The lowest BCUT2D eigenvalue weighted by molar-refractivity contribution is -0.143. The lowest BCUT2D eigenvalue weighted by Gasteiger charge is -2.39. The van der Waals surface area contributed by atoms with Crippen LogP contribution < -0.4 is 5.32 Å². The number of amides is 1. The van der Waals surface area contributed by atoms with Gasteiger partial charge in [-0.25, -0.2) is 0 Å². The molecule has 3 nitrogen and oxygen atoms in total. The lowest BCUT2D eigenvalue weighted by atomic mass is 9.74. The molecule has 20 heavy (non-hydrogen) atoms. The van der Waals surface area contributed by atoms with Crippen molar-refractivity contribution in [2.45, 2.75) is 65.7 Å². The van der Waals surface area contributed by atoms with Crippen LogP contribution in [0.2, 0.25) is 0 Å². The number of rotatable bonds is 5. The maximum Gasteiger partial charge on any atom is 0.228 e. The first-order valence-corrected chi connectivity index (χ1v) is 8.61. The molecule has 0 spiro atoms. The fourth-order valence-electron chi connectivity index (χ4n) is 4.23. The van der Waals surface area contributed by atoms with Gasteiger partial charge in [0.2, 0.25) is 5.91 Å². The minimum atomic E-state index is -0.0580. The van der Waals surface area contributed by atoms with E-state index in [4.69, 9.17) is 0 Å². The Morgan fingerprint density at radius 1 is 1.10 bits per heavy atom. The van der Waals surface area contributed by atoms with Gasteiger partial charge in [-0.2, -0.15) is 0 Å². The van der Waals surface area contributed by atoms with Crippen LogP contribution >= 0.6 is 0 Å². The van der Waals surface area contributed by atoms with Crippen molar-refractivity contribution in [3.63, 3.8) is 0 Å². The molecule has 0 radical (unpaired) electrons. The number of hydrogen-bond acceptors (Lipinski definition) is 2. The van der Waals surface area contributed by atoms with Crippen LogP contribution in [-0.4, -0.2) is 37.0 Å². The van der Waals surface area contributed by atoms with E-state index in [0.29, 0.717) is 11.3 Å². The van der Waals surface area contributed by atoms with Crippen molar-refractivity contribution >= 4 is 5.91 Å². The van der Waals surface area contributed by atoms with Crippen LogP contribution in [0.4, 0.5) is 0 Å². The van der Waals surface area contributed by atoms with Crippen molar-refractivity contribution in [1.29, 1.82) is 0 Å². The average Bonchev–Trinajstić information content (AvgIpc) is 2.93. The normalized spacial score (nSPS) is 24.9. The second-order valence-corrected chi connectivity index (χ2v) is 6.96. The zero-order chi connectivity index (χ0) is 14.6. The van der Waals surface area contributed by atoms with Gasteiger partial charge in [-0.3, -0.25) is 4.79 Å². The van der Waals surface area contributed by atoms with Crippen LogP contribution in [0.25, 0.3) is 0 Å². The molecule has 0 aliphatic carbocycles. The molecule has 1 amide bonds. The number of likely N-dealkylation sites (tertiary alicyclic amines) is 1. The first-order chi connectivity index (χ1) is 9.61. The molecule has 2 fully saturated rings. The van der Waals surface area contributed by atoms with Crippen molar-refractivity contribution in [2.24, 2.45) is 10.8 Å². The van der Waals surface area contributed by atoms with Gasteiger partial charge in [-0.15, -0.1) is 0 Å². The largest absolute Gasteiger partial charge is 0.342 e. The summed E-state index contributed by atoms with van der Waals surface area (Å²) in [5.41, 5.74) is 0.341. The molecule has 0 atom stereocenters. The Bertz CT molecular complexity index is 324. The van der Waals surface area contributed by atoms with Crippen molar-refractivity contribution < 1.29 is 4.79 Å². The molecular weight excluding hydrogens is 248 g/mol. The lowest BCUT2D eigenvalue weighted by Crippen LogP contribution is -2.49. The van der Waals surface area contributed by atoms with Gasteiger partial charge in [0.1, 0.15) is 0 Å². The summed E-state index contributed by atoms with van der Waals surface area (Å²) in [6, 6.07) is 0. The second kappa shape index (κ2) is 6.46. The molecule has 0 bridgehead atoms. The van der Waals surface area contributed by atoms with E-state index in [1.165, 1.54) is 19.3 Å². The molecule has 0 aromatic rings. The van der Waals surface area contributed by atoms with E-state index < -0.39 is 0 Å². The van der Waals surface area contributed by atoms with Crippen molar-refractivity contribution in [1.82, 2.24) is 10.2 Å². The van der Waals surface area contributed by atoms with Crippen LogP contribution in [0.3, 0.4) is 0 Å². The Morgan fingerprint density at radius 3 is 2.25 bits per heavy atom. The van der Waals surface area contributed by atoms with E-state index in [-0.39, 0.29) is 5.41 Å². The van der Waals surface area contributed by atoms with Gasteiger partial charge in [-0.05, 0) is 57.0 Å². The van der Waals surface area contributed by atoms with Crippen LogP contribution in [0.15, 0.2) is 0 Å². The van der Waals surface area contributed by atoms with Gasteiger partial charge in [0.25, 0.3) is 0 Å². The number of nitrogens with zero attached hydrogens (tertiary/aromatic N) is 1. The van der Waals surface area contributed by atoms with Crippen molar-refractivity contribution in [2.75, 3.05) is 26.2 Å². The molecule has 2 aliphatic heterocycles. The SMILES string of the molecule is CCCC1(C(=O)N2CCC(CC)(CC)C2)CCNCC1. The third-order valence-electron chi connectivity index (χ3n) is 5.97. The Morgan fingerprint density at radius 2 is 1.75 bits per heavy atom. The highest BCUT2D eigenvalue weighted by molar-refractivity contribution is 5.83. The van der Waals surface area contributed by atoms with Crippen molar-refractivity contribution in [3.05, 3.63) is 0 Å². The number of nitrogens with one attached hydrogen (secondary N) is 1. The van der Waals surface area contributed by atoms with Gasteiger partial charge in [0, 0.05) is 13.1 Å². The predicted molar refractivity (Wildman–Crippen MR) is 83.7 cm³/mol. The highest BCUT2D eigenvalue weighted by Gasteiger charge is 2.45. The molecule has 2 heterocycles. The summed E-state index contributed by atoms with van der Waals surface area (Å²) in [5.74, 6) is 0.463. The third kappa shape index (κ3) is 2.88. The van der Waals surface area contributed by atoms with E-state index in [0.717, 1.165) is 51.9 Å². The topological polar surface area (TPSA) is 32.3 Å². The molecule has 3 heteroatoms. The predicted octanol–water partition coefficient (Wildman–Crippen LogP) is 3.20. The summed E-state index contributed by atoms with van der Waals surface area (Å²) in [6.45, 7) is 10.8. The second-order valence-electron chi connectivity index (χ2n) is 6.96. The zero-order valence-corrected chi connectivity index (χ0v) is 13.6. The Labute approximate surface area is 124 Å². The molecule has 116 valence electrons. The van der Waals surface area contributed by atoms with Gasteiger partial charge >= 0.3 is 0 Å². The summed E-state index contributed by atoms with van der Waals surface area (Å²) >= 11 is 0. The van der Waals surface area contributed by atoms with Crippen LogP contribution in [0, 0.1) is 10.8 Å². The van der Waals surface area contributed by atoms with E-state index >= 15 is 0 Å². The summed E-state index contributed by atoms with van der Waals surface area (Å²) in [6.07, 6.45) is 7.85. The summed E-state index contributed by atoms with van der Waals surface area (Å²) in [7, 11) is 0. The monoisotopic (exact) mass is 280 g/mol. The van der Waals surface area contributed by atoms with E-state index in [1.54, 1.807) is 0 Å². The molecular formula is C17H32N2O. The fraction of sp³-hybridized carbons (Fsp3) is 0.941. The number of carbonyl (C=O) groups excluding carboxylic acids is 1. The maximum atomic E-state index is 13.1. The van der Waals surface area contributed by atoms with Crippen LogP contribution in [0.5, 0.6) is 0 Å². The molecule has 2 rings (SSSR count). The Kier molecular flexibility index (Phi) is 5.11. The fourth-order valence-corrected chi connectivity index (χ4v) is 4.23. The van der Waals surface area contributed by atoms with E-state index in [1.807, 2.05) is 0 Å². The Hall–Kier alpha value is -0.570. The Balaban J connectivity index is 2.09. The van der Waals surface area contributed by atoms with Crippen LogP contribution in [0.1, 0.15) is 65.7 Å². The molecule has 0 aromatic carbocycles. The van der Waals surface area contributed by atoms with Gasteiger partial charge in [0.15, 0.2) is 0 Å². The number of carbonyl (C=O) groups is 1. The zero-order valence-electron chi connectivity index (χ0n) is 13.6. The van der Waals surface area contributed by atoms with Crippen molar-refractivity contribution in [3.8, 4) is 0 Å². The standard InChI is InChI=1S/C17H32N2O/c1-4-7-17(8-11-18-12-9-17)15(20)19-13-10-16(5-2,6-3)14-19/h18H,4-14H2,1-3H3. The quantitative estimate of drug-likeness (QED) is 0.839. The van der Waals surface area contributed by atoms with E-state index in [9.17, 15) is 4.79 Å². The first-order valence-electron chi connectivity index (χ1n) is 8.61. The highest BCUT2D eigenvalue weighted by atomic mass is 16.2. The summed E-state index contributed by atoms with van der Waals surface area (Å²) in [4.78, 5) is 15.3. The molecule has 2 saturated heterocycles. The third-order valence-corrected chi connectivity index (χ3v) is 5.97. The first kappa shape index (κ1) is 15.8. The van der Waals surface area contributed by atoms with Crippen LogP contribution in [-0.2, 0) is 4.79 Å². The summed E-state index contributed by atoms with van der Waals surface area (Å²) in [5, 5.41) is 3.41. The summed E-state index contributed by atoms with van der Waals surface area (Å²) < 4.78 is 0. The van der Waals surface area contributed by atoms with E-state index in [2.05, 4.69) is 31.0 Å². The number of piperidine rings is 1. The molecule has 0 unspecified atom stereocenters. The molecule has 0 saturated carbocycles. The minimum absolute atomic E-state index is 0.0580. The van der Waals surface area contributed by atoms with Gasteiger partial charge in [0.05, 0.1) is 5.41 Å². The smallest absolute Gasteiger partial charge is 0.228 e. The average molecular weight is 280 g/mol. The highest BCUT2D eigenvalue weighted by Crippen LogP contribution is 2.42. The number of hydrogen-bond donors (Lipinski definition) is 1. The maximum absolute atomic E-state index is 13.1. The van der Waals surface area contributed by atoms with Gasteiger partial charge in [-0.1, -0.05) is 27.2 Å². The molecule has 0 aromatic heterocycles. The minimum Gasteiger partial charge on any atom is -0.342 e. The van der Waals surface area contributed by atoms with Gasteiger partial charge < -0.3 is 10.2 Å².